The fourth-order valence-electron chi connectivity index (χ4n) is 3.28. The van der Waals surface area contributed by atoms with Crippen LogP contribution in [0.1, 0.15) is 45.9 Å². The summed E-state index contributed by atoms with van der Waals surface area (Å²) >= 11 is 1.63. The zero-order chi connectivity index (χ0) is 15.5. The molecular weight excluding hydrogens is 294 g/mol. The lowest BCUT2D eigenvalue weighted by Gasteiger charge is -2.31. The Morgan fingerprint density at radius 3 is 2.91 bits per heavy atom. The Balaban J connectivity index is 1.72. The van der Waals surface area contributed by atoms with Gasteiger partial charge in [0.15, 0.2) is 0 Å². The van der Waals surface area contributed by atoms with E-state index in [1.54, 1.807) is 11.3 Å². The first-order chi connectivity index (χ1) is 10.6. The molecule has 22 heavy (non-hydrogen) atoms. The SMILES string of the molecule is CC1CCC(C(C)C)N(Cc2nnc(-c3cccs3)o2)CC1. The van der Waals surface area contributed by atoms with E-state index in [0.29, 0.717) is 17.9 Å². The van der Waals surface area contributed by atoms with Crippen LogP contribution >= 0.6 is 11.3 Å². The van der Waals surface area contributed by atoms with Crippen molar-refractivity contribution < 1.29 is 4.42 Å². The predicted molar refractivity (Wildman–Crippen MR) is 89.7 cm³/mol. The first kappa shape index (κ1) is 15.7. The van der Waals surface area contributed by atoms with Crippen molar-refractivity contribution in [3.8, 4) is 10.8 Å². The standard InChI is InChI=1S/C17H25N3OS/c1-12(2)14-7-6-13(3)8-9-20(14)11-16-18-19-17(21-16)15-5-4-10-22-15/h4-5,10,12-14H,6-9,11H2,1-3H3. The molecule has 1 aliphatic rings. The quantitative estimate of drug-likeness (QED) is 0.835. The number of hydrogen-bond donors (Lipinski definition) is 0. The van der Waals surface area contributed by atoms with Gasteiger partial charge in [-0.1, -0.05) is 26.8 Å². The van der Waals surface area contributed by atoms with Gasteiger partial charge in [0.05, 0.1) is 11.4 Å². The van der Waals surface area contributed by atoms with Crippen molar-refractivity contribution in [2.24, 2.45) is 11.8 Å². The smallest absolute Gasteiger partial charge is 0.257 e. The molecule has 0 N–H and O–H groups in total. The van der Waals surface area contributed by atoms with Gasteiger partial charge in [-0.25, -0.2) is 0 Å². The predicted octanol–water partition coefficient (Wildman–Crippen LogP) is 4.44. The maximum absolute atomic E-state index is 5.87. The minimum atomic E-state index is 0.613. The van der Waals surface area contributed by atoms with Gasteiger partial charge in [-0.2, -0.15) is 0 Å². The van der Waals surface area contributed by atoms with Crippen LogP contribution in [0.2, 0.25) is 0 Å². The summed E-state index contributed by atoms with van der Waals surface area (Å²) in [4.78, 5) is 3.59. The Kier molecular flexibility index (Phi) is 4.93. The van der Waals surface area contributed by atoms with Crippen LogP contribution < -0.4 is 0 Å². The van der Waals surface area contributed by atoms with E-state index in [4.69, 9.17) is 4.42 Å². The van der Waals surface area contributed by atoms with Crippen LogP contribution in [-0.4, -0.2) is 27.7 Å². The molecule has 3 rings (SSSR count). The zero-order valence-electron chi connectivity index (χ0n) is 13.7. The average Bonchev–Trinajstić information content (AvgIpc) is 3.11. The number of likely N-dealkylation sites (tertiary alicyclic amines) is 1. The monoisotopic (exact) mass is 319 g/mol. The van der Waals surface area contributed by atoms with Gasteiger partial charge in [0.2, 0.25) is 5.89 Å². The minimum absolute atomic E-state index is 0.613. The number of aromatic nitrogens is 2. The van der Waals surface area contributed by atoms with E-state index in [9.17, 15) is 0 Å². The summed E-state index contributed by atoms with van der Waals surface area (Å²) in [7, 11) is 0. The molecule has 2 aromatic rings. The van der Waals surface area contributed by atoms with Crippen LogP contribution in [-0.2, 0) is 6.54 Å². The molecule has 0 aliphatic carbocycles. The summed E-state index contributed by atoms with van der Waals surface area (Å²) in [5.41, 5.74) is 0. The molecule has 0 radical (unpaired) electrons. The molecule has 1 aliphatic heterocycles. The van der Waals surface area contributed by atoms with E-state index in [-0.39, 0.29) is 0 Å². The second kappa shape index (κ2) is 6.92. The van der Waals surface area contributed by atoms with Crippen LogP contribution in [0.25, 0.3) is 10.8 Å². The molecule has 2 unspecified atom stereocenters. The molecular formula is C17H25N3OS. The van der Waals surface area contributed by atoms with E-state index in [1.165, 1.54) is 19.3 Å². The third kappa shape index (κ3) is 3.58. The summed E-state index contributed by atoms with van der Waals surface area (Å²) in [6.07, 6.45) is 3.85. The third-order valence-electron chi connectivity index (χ3n) is 4.64. The van der Waals surface area contributed by atoms with Crippen molar-refractivity contribution >= 4 is 11.3 Å². The molecule has 5 heteroatoms. The lowest BCUT2D eigenvalue weighted by Crippen LogP contribution is -2.38. The van der Waals surface area contributed by atoms with Gasteiger partial charge < -0.3 is 4.42 Å². The van der Waals surface area contributed by atoms with Gasteiger partial charge in [-0.3, -0.25) is 4.90 Å². The molecule has 0 bridgehead atoms. The molecule has 3 heterocycles. The summed E-state index contributed by atoms with van der Waals surface area (Å²) in [5.74, 6) is 2.86. The summed E-state index contributed by atoms with van der Waals surface area (Å²) in [5, 5.41) is 10.5. The van der Waals surface area contributed by atoms with Gasteiger partial charge >= 0.3 is 0 Å². The van der Waals surface area contributed by atoms with Crippen molar-refractivity contribution in [1.82, 2.24) is 15.1 Å². The molecule has 0 amide bonds. The van der Waals surface area contributed by atoms with E-state index in [2.05, 4.69) is 35.9 Å². The Hall–Kier alpha value is -1.20. The Bertz CT molecular complexity index is 579. The van der Waals surface area contributed by atoms with Crippen LogP contribution in [0.15, 0.2) is 21.9 Å². The fraction of sp³-hybridized carbons (Fsp3) is 0.647. The Morgan fingerprint density at radius 2 is 2.18 bits per heavy atom. The van der Waals surface area contributed by atoms with E-state index in [0.717, 1.165) is 29.8 Å². The highest BCUT2D eigenvalue weighted by molar-refractivity contribution is 7.13. The van der Waals surface area contributed by atoms with Crippen LogP contribution in [0, 0.1) is 11.8 Å². The maximum Gasteiger partial charge on any atom is 0.257 e. The Morgan fingerprint density at radius 1 is 1.32 bits per heavy atom. The Labute approximate surface area is 136 Å². The highest BCUT2D eigenvalue weighted by Gasteiger charge is 2.27. The molecule has 1 saturated heterocycles. The van der Waals surface area contributed by atoms with Crippen LogP contribution in [0.3, 0.4) is 0 Å². The topological polar surface area (TPSA) is 42.2 Å². The molecule has 4 nitrogen and oxygen atoms in total. The molecule has 0 spiro atoms. The van der Waals surface area contributed by atoms with Gasteiger partial charge in [-0.15, -0.1) is 21.5 Å². The lowest BCUT2D eigenvalue weighted by molar-refractivity contribution is 0.136. The van der Waals surface area contributed by atoms with Crippen LogP contribution in [0.4, 0.5) is 0 Å². The van der Waals surface area contributed by atoms with Crippen molar-refractivity contribution in [2.45, 2.75) is 52.6 Å². The number of thiophene rings is 1. The van der Waals surface area contributed by atoms with Crippen molar-refractivity contribution in [2.75, 3.05) is 6.54 Å². The van der Waals surface area contributed by atoms with Crippen LogP contribution in [0.5, 0.6) is 0 Å². The van der Waals surface area contributed by atoms with E-state index in [1.807, 2.05) is 17.5 Å². The largest absolute Gasteiger partial charge is 0.419 e. The molecule has 2 aromatic heterocycles. The van der Waals surface area contributed by atoms with Gasteiger partial charge in [0.25, 0.3) is 5.89 Å². The number of rotatable bonds is 4. The first-order valence-corrected chi connectivity index (χ1v) is 9.11. The summed E-state index contributed by atoms with van der Waals surface area (Å²) in [6.45, 7) is 8.90. The van der Waals surface area contributed by atoms with Gasteiger partial charge in [-0.05, 0) is 49.1 Å². The molecule has 1 fully saturated rings. The number of hydrogen-bond acceptors (Lipinski definition) is 5. The first-order valence-electron chi connectivity index (χ1n) is 8.23. The van der Waals surface area contributed by atoms with Crippen molar-refractivity contribution in [3.05, 3.63) is 23.4 Å². The van der Waals surface area contributed by atoms with Crippen molar-refractivity contribution in [1.29, 1.82) is 0 Å². The maximum atomic E-state index is 5.87. The molecule has 0 saturated carbocycles. The second-order valence-corrected chi connectivity index (χ2v) is 7.68. The molecule has 0 aromatic carbocycles. The average molecular weight is 319 g/mol. The third-order valence-corrected chi connectivity index (χ3v) is 5.50. The highest BCUT2D eigenvalue weighted by atomic mass is 32.1. The van der Waals surface area contributed by atoms with Gasteiger partial charge in [0, 0.05) is 6.04 Å². The molecule has 120 valence electrons. The van der Waals surface area contributed by atoms with Gasteiger partial charge in [0.1, 0.15) is 0 Å². The minimum Gasteiger partial charge on any atom is -0.419 e. The molecule has 2 atom stereocenters. The van der Waals surface area contributed by atoms with E-state index < -0.39 is 0 Å². The zero-order valence-corrected chi connectivity index (χ0v) is 14.5. The fourth-order valence-corrected chi connectivity index (χ4v) is 3.92. The van der Waals surface area contributed by atoms with E-state index >= 15 is 0 Å². The summed E-state index contributed by atoms with van der Waals surface area (Å²) in [6, 6.07) is 4.64. The van der Waals surface area contributed by atoms with Crippen molar-refractivity contribution in [3.63, 3.8) is 0 Å². The summed E-state index contributed by atoms with van der Waals surface area (Å²) < 4.78 is 5.87. The normalized spacial score (nSPS) is 23.8. The lowest BCUT2D eigenvalue weighted by atomic mass is 9.95. The number of nitrogens with zero attached hydrogens (tertiary/aromatic N) is 3. The second-order valence-electron chi connectivity index (χ2n) is 6.73. The highest BCUT2D eigenvalue weighted by Crippen LogP contribution is 2.28.